The van der Waals surface area contributed by atoms with E-state index >= 15 is 0 Å². The van der Waals surface area contributed by atoms with Gasteiger partial charge in [-0.2, -0.15) is 5.01 Å². The van der Waals surface area contributed by atoms with Crippen molar-refractivity contribution in [3.63, 3.8) is 0 Å². The van der Waals surface area contributed by atoms with Crippen LogP contribution in [0.25, 0.3) is 6.08 Å². The van der Waals surface area contributed by atoms with Crippen LogP contribution in [0.15, 0.2) is 53.7 Å². The summed E-state index contributed by atoms with van der Waals surface area (Å²) in [6.07, 6.45) is 4.67. The molecule has 0 radical (unpaired) electrons. The molecule has 1 aromatic carbocycles. The number of thioether (sulfide) groups is 1. The van der Waals surface area contributed by atoms with Gasteiger partial charge in [0.2, 0.25) is 0 Å². The smallest absolute Gasteiger partial charge is 0.285 e. The summed E-state index contributed by atoms with van der Waals surface area (Å²) in [6, 6.07) is 10.6. The maximum absolute atomic E-state index is 12.6. The first-order valence-corrected chi connectivity index (χ1v) is 8.44. The number of hydrogen-bond acceptors (Lipinski definition) is 6. The lowest BCUT2D eigenvalue weighted by molar-refractivity contribution is -0.123. The van der Waals surface area contributed by atoms with Crippen LogP contribution >= 0.6 is 24.0 Å². The number of nitrogens with one attached hydrogen (secondary N) is 1. The standard InChI is InChI=1S/C17H13N3O3S2/c1-23-13-7-3-2-5-11(13)9-14-16(22)20(17(24)25-14)19-15(21)12-6-4-8-18-10-12/h2-10H,1H3,(H,19,21)/b14-9+. The number of para-hydroxylation sites is 1. The molecule has 25 heavy (non-hydrogen) atoms. The number of nitrogens with zero attached hydrogens (tertiary/aromatic N) is 2. The molecule has 126 valence electrons. The highest BCUT2D eigenvalue weighted by molar-refractivity contribution is 8.26. The Hall–Kier alpha value is -2.71. The lowest BCUT2D eigenvalue weighted by Crippen LogP contribution is -2.44. The van der Waals surface area contributed by atoms with E-state index in [-0.39, 0.29) is 4.32 Å². The molecule has 0 unspecified atom stereocenters. The van der Waals surface area contributed by atoms with Gasteiger partial charge >= 0.3 is 0 Å². The van der Waals surface area contributed by atoms with Crippen LogP contribution in [-0.2, 0) is 4.79 Å². The van der Waals surface area contributed by atoms with Crippen LogP contribution in [-0.4, -0.2) is 33.2 Å². The highest BCUT2D eigenvalue weighted by Gasteiger charge is 2.34. The van der Waals surface area contributed by atoms with Gasteiger partial charge in [-0.3, -0.25) is 20.0 Å². The van der Waals surface area contributed by atoms with Crippen molar-refractivity contribution in [2.24, 2.45) is 0 Å². The number of hydrogen-bond donors (Lipinski definition) is 1. The van der Waals surface area contributed by atoms with Gasteiger partial charge in [0, 0.05) is 18.0 Å². The van der Waals surface area contributed by atoms with Crippen LogP contribution in [0.3, 0.4) is 0 Å². The van der Waals surface area contributed by atoms with Crippen LogP contribution in [0.4, 0.5) is 0 Å². The van der Waals surface area contributed by atoms with E-state index in [9.17, 15) is 9.59 Å². The Labute approximate surface area is 153 Å². The van der Waals surface area contributed by atoms with Gasteiger partial charge in [-0.15, -0.1) is 0 Å². The average Bonchev–Trinajstić information content (AvgIpc) is 2.90. The average molecular weight is 371 g/mol. The molecule has 2 aromatic rings. The Balaban J connectivity index is 1.81. The van der Waals surface area contributed by atoms with Crippen LogP contribution in [0.2, 0.25) is 0 Å². The maximum Gasteiger partial charge on any atom is 0.285 e. The summed E-state index contributed by atoms with van der Waals surface area (Å²) in [5, 5.41) is 1.07. The second kappa shape index (κ2) is 7.45. The Morgan fingerprint density at radius 3 is 2.84 bits per heavy atom. The molecule has 1 aliphatic rings. The second-order valence-corrected chi connectivity index (χ2v) is 6.62. The van der Waals surface area contributed by atoms with Gasteiger partial charge in [-0.1, -0.05) is 30.0 Å². The van der Waals surface area contributed by atoms with Gasteiger partial charge in [0.15, 0.2) is 4.32 Å². The molecule has 1 saturated heterocycles. The number of carbonyl (C=O) groups is 2. The summed E-state index contributed by atoms with van der Waals surface area (Å²) < 4.78 is 5.53. The minimum Gasteiger partial charge on any atom is -0.496 e. The van der Waals surface area contributed by atoms with E-state index in [0.29, 0.717) is 16.2 Å². The zero-order valence-corrected chi connectivity index (χ0v) is 14.8. The van der Waals surface area contributed by atoms with Gasteiger partial charge in [0.1, 0.15) is 5.75 Å². The molecule has 2 heterocycles. The fourth-order valence-electron chi connectivity index (χ4n) is 2.15. The van der Waals surface area contributed by atoms with Crippen LogP contribution in [0, 0.1) is 0 Å². The summed E-state index contributed by atoms with van der Waals surface area (Å²) in [5.74, 6) is -0.201. The lowest BCUT2D eigenvalue weighted by Gasteiger charge is -2.15. The first kappa shape index (κ1) is 17.1. The number of aromatic nitrogens is 1. The molecule has 3 rings (SSSR count). The summed E-state index contributed by atoms with van der Waals surface area (Å²) in [5.41, 5.74) is 3.60. The largest absolute Gasteiger partial charge is 0.496 e. The third-order valence-corrected chi connectivity index (χ3v) is 4.66. The quantitative estimate of drug-likeness (QED) is 0.658. The minimum atomic E-state index is -0.456. The predicted octanol–water partition coefficient (Wildman–Crippen LogP) is 2.64. The van der Waals surface area contributed by atoms with E-state index in [4.69, 9.17) is 17.0 Å². The van der Waals surface area contributed by atoms with Gasteiger partial charge in [0.25, 0.3) is 11.8 Å². The fraction of sp³-hybridized carbons (Fsp3) is 0.0588. The van der Waals surface area contributed by atoms with Gasteiger partial charge in [0.05, 0.1) is 17.6 Å². The number of hydrazine groups is 1. The van der Waals surface area contributed by atoms with Crippen molar-refractivity contribution in [1.82, 2.24) is 15.4 Å². The fourth-order valence-corrected chi connectivity index (χ4v) is 3.32. The summed E-state index contributed by atoms with van der Waals surface area (Å²) >= 11 is 6.32. The Kier molecular flexibility index (Phi) is 5.11. The van der Waals surface area contributed by atoms with Crippen LogP contribution < -0.4 is 10.2 Å². The molecular formula is C17H13N3O3S2. The monoisotopic (exact) mass is 371 g/mol. The van der Waals surface area contributed by atoms with Crippen LogP contribution in [0.5, 0.6) is 5.75 Å². The van der Waals surface area contributed by atoms with Gasteiger partial charge in [-0.05, 0) is 36.5 Å². The van der Waals surface area contributed by atoms with Crippen LogP contribution in [0.1, 0.15) is 15.9 Å². The number of carbonyl (C=O) groups excluding carboxylic acids is 2. The van der Waals surface area contributed by atoms with E-state index in [1.807, 2.05) is 18.2 Å². The molecule has 0 saturated carbocycles. The lowest BCUT2D eigenvalue weighted by atomic mass is 10.2. The molecular weight excluding hydrogens is 358 g/mol. The molecule has 1 fully saturated rings. The second-order valence-electron chi connectivity index (χ2n) is 4.94. The van der Waals surface area contributed by atoms with Crippen molar-refractivity contribution < 1.29 is 14.3 Å². The molecule has 2 amide bonds. The number of amides is 2. The molecule has 0 aliphatic carbocycles. The van der Waals surface area contributed by atoms with Gasteiger partial charge < -0.3 is 4.74 Å². The van der Waals surface area contributed by atoms with E-state index < -0.39 is 11.8 Å². The molecule has 1 aromatic heterocycles. The number of benzene rings is 1. The van der Waals surface area contributed by atoms with E-state index in [2.05, 4.69) is 10.4 Å². The Morgan fingerprint density at radius 2 is 2.12 bits per heavy atom. The summed E-state index contributed by atoms with van der Waals surface area (Å²) in [7, 11) is 1.56. The summed E-state index contributed by atoms with van der Waals surface area (Å²) in [6.45, 7) is 0. The highest BCUT2D eigenvalue weighted by Crippen LogP contribution is 2.33. The normalized spacial score (nSPS) is 15.6. The molecule has 1 N–H and O–H groups in total. The number of rotatable bonds is 4. The maximum atomic E-state index is 12.6. The van der Waals surface area contributed by atoms with Crippen molar-refractivity contribution in [1.29, 1.82) is 0 Å². The summed E-state index contributed by atoms with van der Waals surface area (Å²) in [4.78, 5) is 29.1. The number of pyridine rings is 1. The Morgan fingerprint density at radius 1 is 1.32 bits per heavy atom. The molecule has 8 heteroatoms. The molecule has 0 bridgehead atoms. The first-order valence-electron chi connectivity index (χ1n) is 7.22. The third kappa shape index (κ3) is 3.70. The SMILES string of the molecule is COc1ccccc1/C=C1/SC(=S)N(NC(=O)c2cccnc2)C1=O. The predicted molar refractivity (Wildman–Crippen MR) is 99.7 cm³/mol. The molecule has 0 spiro atoms. The number of ether oxygens (including phenoxy) is 1. The molecule has 1 aliphatic heterocycles. The first-order chi connectivity index (χ1) is 12.1. The third-order valence-electron chi connectivity index (χ3n) is 3.36. The zero-order chi connectivity index (χ0) is 17.8. The minimum absolute atomic E-state index is 0.253. The zero-order valence-electron chi connectivity index (χ0n) is 13.1. The number of thiocarbonyl (C=S) groups is 1. The topological polar surface area (TPSA) is 71.5 Å². The highest BCUT2D eigenvalue weighted by atomic mass is 32.2. The molecule has 6 nitrogen and oxygen atoms in total. The van der Waals surface area contributed by atoms with Crippen molar-refractivity contribution in [3.8, 4) is 5.75 Å². The van der Waals surface area contributed by atoms with Crippen molar-refractivity contribution in [3.05, 3.63) is 64.8 Å². The van der Waals surface area contributed by atoms with E-state index in [1.165, 1.54) is 6.20 Å². The Bertz CT molecular complexity index is 868. The van der Waals surface area contributed by atoms with Gasteiger partial charge in [-0.25, -0.2) is 0 Å². The van der Waals surface area contributed by atoms with Crippen molar-refractivity contribution >= 4 is 46.2 Å². The molecule has 0 atom stereocenters. The number of methoxy groups -OCH3 is 1. The van der Waals surface area contributed by atoms with Crippen molar-refractivity contribution in [2.45, 2.75) is 0 Å². The van der Waals surface area contributed by atoms with Crippen molar-refractivity contribution in [2.75, 3.05) is 7.11 Å². The van der Waals surface area contributed by atoms with E-state index in [0.717, 1.165) is 22.3 Å². The van der Waals surface area contributed by atoms with E-state index in [1.54, 1.807) is 37.6 Å².